The fourth-order valence-corrected chi connectivity index (χ4v) is 3.81. The van der Waals surface area contributed by atoms with Crippen molar-refractivity contribution in [3.63, 3.8) is 0 Å². The third-order valence-electron chi connectivity index (χ3n) is 5.64. The number of benzene rings is 2. The molecule has 7 nitrogen and oxygen atoms in total. The van der Waals surface area contributed by atoms with Gasteiger partial charge in [0.25, 0.3) is 0 Å². The molecule has 0 aromatic heterocycles. The standard InChI is InChI=1S/C25H37N5O2.HI/c1-5-26-25(27-18-20-7-6-8-22(17-20)29(2)3)28-19-24(30-13-15-32-16-14-30)21-9-11-23(31-4)12-10-21;/h6-12,17,24H,5,13-16,18-19H2,1-4H3,(H2,26,27,28);1H. The quantitative estimate of drug-likeness (QED) is 0.275. The lowest BCUT2D eigenvalue weighted by Crippen LogP contribution is -2.46. The molecule has 0 saturated carbocycles. The van der Waals surface area contributed by atoms with E-state index < -0.39 is 0 Å². The van der Waals surface area contributed by atoms with E-state index in [0.717, 1.165) is 51.1 Å². The summed E-state index contributed by atoms with van der Waals surface area (Å²) >= 11 is 0. The Hall–Kier alpha value is -2.04. The first kappa shape index (κ1) is 27.2. The number of ether oxygens (including phenoxy) is 2. The largest absolute Gasteiger partial charge is 0.497 e. The highest BCUT2D eigenvalue weighted by molar-refractivity contribution is 14.0. The number of nitrogens with zero attached hydrogens (tertiary/aromatic N) is 3. The van der Waals surface area contributed by atoms with E-state index in [0.29, 0.717) is 6.54 Å². The second-order valence-corrected chi connectivity index (χ2v) is 8.08. The summed E-state index contributed by atoms with van der Waals surface area (Å²) in [6.45, 7) is 7.66. The number of halogens is 1. The van der Waals surface area contributed by atoms with Crippen molar-refractivity contribution in [2.24, 2.45) is 4.99 Å². The lowest BCUT2D eigenvalue weighted by molar-refractivity contribution is 0.0170. The van der Waals surface area contributed by atoms with E-state index in [4.69, 9.17) is 14.5 Å². The van der Waals surface area contributed by atoms with Gasteiger partial charge in [-0.2, -0.15) is 0 Å². The second-order valence-electron chi connectivity index (χ2n) is 8.08. The SMILES string of the molecule is CCNC(=NCc1cccc(N(C)C)c1)NCC(c1ccc(OC)cc1)N1CCOCC1.I. The first-order valence-corrected chi connectivity index (χ1v) is 11.3. The monoisotopic (exact) mass is 567 g/mol. The highest BCUT2D eigenvalue weighted by Crippen LogP contribution is 2.23. The minimum Gasteiger partial charge on any atom is -0.497 e. The molecule has 1 fully saturated rings. The predicted molar refractivity (Wildman–Crippen MR) is 147 cm³/mol. The van der Waals surface area contributed by atoms with Gasteiger partial charge in [0.2, 0.25) is 0 Å². The summed E-state index contributed by atoms with van der Waals surface area (Å²) in [4.78, 5) is 9.42. The molecular weight excluding hydrogens is 529 g/mol. The van der Waals surface area contributed by atoms with Crippen LogP contribution in [0.4, 0.5) is 5.69 Å². The molecule has 0 spiro atoms. The number of morpholine rings is 1. The summed E-state index contributed by atoms with van der Waals surface area (Å²) in [5, 5.41) is 6.95. The fourth-order valence-electron chi connectivity index (χ4n) is 3.81. The molecule has 2 aromatic rings. The van der Waals surface area contributed by atoms with E-state index in [1.54, 1.807) is 7.11 Å². The lowest BCUT2D eigenvalue weighted by Gasteiger charge is -2.35. The molecule has 1 saturated heterocycles. The van der Waals surface area contributed by atoms with Gasteiger partial charge in [0.05, 0.1) is 32.9 Å². The topological polar surface area (TPSA) is 61.4 Å². The summed E-state index contributed by atoms with van der Waals surface area (Å²) < 4.78 is 10.9. The van der Waals surface area contributed by atoms with Gasteiger partial charge in [-0.3, -0.25) is 4.90 Å². The van der Waals surface area contributed by atoms with E-state index >= 15 is 0 Å². The summed E-state index contributed by atoms with van der Waals surface area (Å²) in [5.74, 6) is 1.70. The van der Waals surface area contributed by atoms with Crippen LogP contribution in [0.2, 0.25) is 0 Å². The van der Waals surface area contributed by atoms with Crippen molar-refractivity contribution < 1.29 is 9.47 Å². The van der Waals surface area contributed by atoms with Crippen LogP contribution < -0.4 is 20.3 Å². The maximum absolute atomic E-state index is 5.58. The van der Waals surface area contributed by atoms with Gasteiger partial charge in [-0.25, -0.2) is 4.99 Å². The Labute approximate surface area is 215 Å². The smallest absolute Gasteiger partial charge is 0.191 e. The van der Waals surface area contributed by atoms with Crippen molar-refractivity contribution in [2.45, 2.75) is 19.5 Å². The van der Waals surface area contributed by atoms with Crippen LogP contribution >= 0.6 is 24.0 Å². The van der Waals surface area contributed by atoms with Crippen LogP contribution in [0.15, 0.2) is 53.5 Å². The van der Waals surface area contributed by atoms with E-state index in [2.05, 4.69) is 77.9 Å². The van der Waals surface area contributed by atoms with Crippen molar-refractivity contribution in [1.82, 2.24) is 15.5 Å². The van der Waals surface area contributed by atoms with Crippen LogP contribution in [0.1, 0.15) is 24.1 Å². The van der Waals surface area contributed by atoms with Gasteiger partial charge in [-0.05, 0) is 42.3 Å². The molecule has 2 aromatic carbocycles. The molecular formula is C25H38IN5O2. The molecule has 3 rings (SSSR count). The predicted octanol–water partition coefficient (Wildman–Crippen LogP) is 3.51. The Kier molecular flexibility index (Phi) is 11.8. The number of rotatable bonds is 9. The van der Waals surface area contributed by atoms with Crippen molar-refractivity contribution in [1.29, 1.82) is 0 Å². The molecule has 1 heterocycles. The highest BCUT2D eigenvalue weighted by atomic mass is 127. The summed E-state index contributed by atoms with van der Waals surface area (Å²) in [5.41, 5.74) is 3.63. The van der Waals surface area contributed by atoms with E-state index in [1.807, 2.05) is 12.1 Å². The first-order chi connectivity index (χ1) is 15.6. The number of guanidine groups is 1. The van der Waals surface area contributed by atoms with Gasteiger partial charge in [-0.15, -0.1) is 24.0 Å². The molecule has 1 aliphatic heterocycles. The van der Waals surface area contributed by atoms with Crippen molar-refractivity contribution in [2.75, 3.05) is 65.5 Å². The number of hydrogen-bond acceptors (Lipinski definition) is 5. The minimum absolute atomic E-state index is 0. The first-order valence-electron chi connectivity index (χ1n) is 11.3. The Bertz CT molecular complexity index is 854. The Morgan fingerprint density at radius 3 is 2.48 bits per heavy atom. The Balaban J connectivity index is 0.00000385. The van der Waals surface area contributed by atoms with Gasteiger partial charge in [0.15, 0.2) is 5.96 Å². The van der Waals surface area contributed by atoms with Crippen molar-refractivity contribution in [3.8, 4) is 5.75 Å². The zero-order valence-electron chi connectivity index (χ0n) is 20.2. The van der Waals surface area contributed by atoms with Gasteiger partial charge >= 0.3 is 0 Å². The highest BCUT2D eigenvalue weighted by Gasteiger charge is 2.23. The number of anilines is 1. The van der Waals surface area contributed by atoms with E-state index in [9.17, 15) is 0 Å². The van der Waals surface area contributed by atoms with Crippen molar-refractivity contribution >= 4 is 35.6 Å². The molecule has 1 aliphatic rings. The molecule has 0 amide bonds. The summed E-state index contributed by atoms with van der Waals surface area (Å²) in [6.07, 6.45) is 0. The number of hydrogen-bond donors (Lipinski definition) is 2. The van der Waals surface area contributed by atoms with Crippen LogP contribution in [0.5, 0.6) is 5.75 Å². The Morgan fingerprint density at radius 1 is 1.12 bits per heavy atom. The molecule has 8 heteroatoms. The van der Waals surface area contributed by atoms with Crippen LogP contribution in [0, 0.1) is 0 Å². The molecule has 0 bridgehead atoms. The van der Waals surface area contributed by atoms with Gasteiger partial charge in [0.1, 0.15) is 5.75 Å². The van der Waals surface area contributed by atoms with Crippen LogP contribution in [0.25, 0.3) is 0 Å². The molecule has 1 unspecified atom stereocenters. The average molecular weight is 568 g/mol. The fraction of sp³-hybridized carbons (Fsp3) is 0.480. The second kappa shape index (κ2) is 14.3. The van der Waals surface area contributed by atoms with Crippen LogP contribution in [-0.2, 0) is 11.3 Å². The molecule has 1 atom stereocenters. The third kappa shape index (κ3) is 8.35. The van der Waals surface area contributed by atoms with Gasteiger partial charge in [-0.1, -0.05) is 24.3 Å². The maximum atomic E-state index is 5.58. The average Bonchev–Trinajstić information content (AvgIpc) is 2.83. The minimum atomic E-state index is 0. The van der Waals surface area contributed by atoms with E-state index in [-0.39, 0.29) is 30.0 Å². The van der Waals surface area contributed by atoms with Gasteiger partial charge < -0.3 is 25.0 Å². The normalized spacial score (nSPS) is 15.3. The molecule has 2 N–H and O–H groups in total. The number of methoxy groups -OCH3 is 1. The molecule has 33 heavy (non-hydrogen) atoms. The van der Waals surface area contributed by atoms with Crippen LogP contribution in [0.3, 0.4) is 0 Å². The molecule has 0 aliphatic carbocycles. The van der Waals surface area contributed by atoms with E-state index in [1.165, 1.54) is 16.8 Å². The Morgan fingerprint density at radius 2 is 1.85 bits per heavy atom. The lowest BCUT2D eigenvalue weighted by atomic mass is 10.0. The zero-order valence-corrected chi connectivity index (χ0v) is 22.5. The summed E-state index contributed by atoms with van der Waals surface area (Å²) in [6, 6.07) is 17.1. The third-order valence-corrected chi connectivity index (χ3v) is 5.64. The van der Waals surface area contributed by atoms with Gasteiger partial charge in [0, 0.05) is 46.0 Å². The van der Waals surface area contributed by atoms with Crippen LogP contribution in [-0.4, -0.2) is 71.5 Å². The molecule has 182 valence electrons. The number of nitrogens with one attached hydrogen (secondary N) is 2. The molecule has 0 radical (unpaired) electrons. The summed E-state index contributed by atoms with van der Waals surface area (Å²) in [7, 11) is 5.81. The maximum Gasteiger partial charge on any atom is 0.191 e. The number of aliphatic imine (C=N–C) groups is 1. The zero-order chi connectivity index (χ0) is 22.8. The van der Waals surface area contributed by atoms with Crippen molar-refractivity contribution in [3.05, 3.63) is 59.7 Å².